The molecule has 1 aromatic heterocycles. The maximum Gasteiger partial charge on any atom is 0.223 e. The monoisotopic (exact) mass is 296 g/mol. The summed E-state index contributed by atoms with van der Waals surface area (Å²) in [7, 11) is 0. The molecule has 0 saturated carbocycles. The molecule has 1 heterocycles. The number of hydrogen-bond donors (Lipinski definition) is 0. The summed E-state index contributed by atoms with van der Waals surface area (Å²) in [6.07, 6.45) is 5.83. The fourth-order valence-electron chi connectivity index (χ4n) is 2.43. The highest BCUT2D eigenvalue weighted by atomic mass is 16.2. The largest absolute Gasteiger partial charge is 0.336 e. The highest BCUT2D eigenvalue weighted by molar-refractivity contribution is 5.76. The molecule has 0 saturated heterocycles. The van der Waals surface area contributed by atoms with Gasteiger partial charge in [0, 0.05) is 31.4 Å². The van der Waals surface area contributed by atoms with Gasteiger partial charge in [0.15, 0.2) is 0 Å². The molecular formula is C19H24N2O. The van der Waals surface area contributed by atoms with Gasteiger partial charge < -0.3 is 4.90 Å². The van der Waals surface area contributed by atoms with Gasteiger partial charge in [0.1, 0.15) is 0 Å². The summed E-state index contributed by atoms with van der Waals surface area (Å²) < 4.78 is 0. The van der Waals surface area contributed by atoms with Crippen LogP contribution in [0.1, 0.15) is 37.8 Å². The Bertz CT molecular complexity index is 569. The summed E-state index contributed by atoms with van der Waals surface area (Å²) in [6, 6.07) is 14.4. The number of rotatable bonds is 7. The number of aromatic nitrogens is 1. The summed E-state index contributed by atoms with van der Waals surface area (Å²) >= 11 is 0. The standard InChI is InChI=1S/C19H24N2O/c1-3-16(2)21(15-18-8-5-4-6-9-18)19(22)12-11-17-10-7-13-20-14-17/h4-10,13-14,16H,3,11-12,15H2,1-2H3. The number of carbonyl (C=O) groups is 1. The minimum Gasteiger partial charge on any atom is -0.336 e. The van der Waals surface area contributed by atoms with Crippen molar-refractivity contribution in [2.45, 2.75) is 45.7 Å². The zero-order valence-electron chi connectivity index (χ0n) is 13.4. The fourth-order valence-corrected chi connectivity index (χ4v) is 2.43. The Labute approximate surface area is 133 Å². The van der Waals surface area contributed by atoms with Gasteiger partial charge in [-0.25, -0.2) is 0 Å². The number of aryl methyl sites for hydroxylation is 1. The van der Waals surface area contributed by atoms with Crippen molar-refractivity contribution in [3.05, 3.63) is 66.0 Å². The zero-order valence-corrected chi connectivity index (χ0v) is 13.4. The van der Waals surface area contributed by atoms with Gasteiger partial charge in [-0.3, -0.25) is 9.78 Å². The van der Waals surface area contributed by atoms with E-state index in [9.17, 15) is 4.79 Å². The molecule has 2 rings (SSSR count). The van der Waals surface area contributed by atoms with Crippen LogP contribution in [-0.2, 0) is 17.8 Å². The quantitative estimate of drug-likeness (QED) is 0.777. The summed E-state index contributed by atoms with van der Waals surface area (Å²) in [4.78, 5) is 18.7. The molecule has 0 aliphatic rings. The minimum atomic E-state index is 0.210. The third-order valence-corrected chi connectivity index (χ3v) is 3.99. The third-order valence-electron chi connectivity index (χ3n) is 3.99. The molecule has 0 bridgehead atoms. The van der Waals surface area contributed by atoms with E-state index in [-0.39, 0.29) is 11.9 Å². The lowest BCUT2D eigenvalue weighted by atomic mass is 10.1. The molecule has 0 aliphatic carbocycles. The van der Waals surface area contributed by atoms with Crippen LogP contribution in [0.4, 0.5) is 0 Å². The number of pyridine rings is 1. The number of amides is 1. The van der Waals surface area contributed by atoms with E-state index in [1.54, 1.807) is 6.20 Å². The van der Waals surface area contributed by atoms with Crippen molar-refractivity contribution in [3.63, 3.8) is 0 Å². The van der Waals surface area contributed by atoms with E-state index >= 15 is 0 Å². The maximum absolute atomic E-state index is 12.6. The summed E-state index contributed by atoms with van der Waals surface area (Å²) in [5, 5.41) is 0. The van der Waals surface area contributed by atoms with Crippen molar-refractivity contribution in [2.24, 2.45) is 0 Å². The van der Waals surface area contributed by atoms with E-state index in [2.05, 4.69) is 31.0 Å². The zero-order chi connectivity index (χ0) is 15.8. The molecule has 0 fully saturated rings. The van der Waals surface area contributed by atoms with E-state index < -0.39 is 0 Å². The van der Waals surface area contributed by atoms with Crippen molar-refractivity contribution < 1.29 is 4.79 Å². The van der Waals surface area contributed by atoms with E-state index in [1.165, 1.54) is 5.56 Å². The third kappa shape index (κ3) is 4.69. The Morgan fingerprint density at radius 1 is 1.14 bits per heavy atom. The Kier molecular flexibility index (Phi) is 6.13. The average molecular weight is 296 g/mol. The van der Waals surface area contributed by atoms with Crippen molar-refractivity contribution in [2.75, 3.05) is 0 Å². The van der Waals surface area contributed by atoms with Gasteiger partial charge in [0.25, 0.3) is 0 Å². The first-order valence-electron chi connectivity index (χ1n) is 7.93. The first-order chi connectivity index (χ1) is 10.7. The first kappa shape index (κ1) is 16.2. The SMILES string of the molecule is CCC(C)N(Cc1ccccc1)C(=O)CCc1cccnc1. The summed E-state index contributed by atoms with van der Waals surface area (Å²) in [5.41, 5.74) is 2.29. The predicted molar refractivity (Wildman–Crippen MR) is 89.3 cm³/mol. The second-order valence-corrected chi connectivity index (χ2v) is 5.63. The van der Waals surface area contributed by atoms with Gasteiger partial charge in [0.05, 0.1) is 0 Å². The Morgan fingerprint density at radius 2 is 1.86 bits per heavy atom. The molecule has 1 amide bonds. The number of carbonyl (C=O) groups excluding carboxylic acids is 1. The smallest absolute Gasteiger partial charge is 0.223 e. The van der Waals surface area contributed by atoms with Gasteiger partial charge in [-0.15, -0.1) is 0 Å². The minimum absolute atomic E-state index is 0.210. The molecule has 0 radical (unpaired) electrons. The van der Waals surface area contributed by atoms with Crippen LogP contribution in [0.3, 0.4) is 0 Å². The van der Waals surface area contributed by atoms with Crippen LogP contribution in [0.25, 0.3) is 0 Å². The molecule has 3 nitrogen and oxygen atoms in total. The van der Waals surface area contributed by atoms with Crippen molar-refractivity contribution in [1.29, 1.82) is 0 Å². The van der Waals surface area contributed by atoms with Crippen molar-refractivity contribution in [1.82, 2.24) is 9.88 Å². The van der Waals surface area contributed by atoms with Crippen LogP contribution in [0.15, 0.2) is 54.9 Å². The van der Waals surface area contributed by atoms with Gasteiger partial charge in [0.2, 0.25) is 5.91 Å². The van der Waals surface area contributed by atoms with Gasteiger partial charge in [-0.1, -0.05) is 43.3 Å². The Morgan fingerprint density at radius 3 is 2.50 bits per heavy atom. The number of nitrogens with zero attached hydrogens (tertiary/aromatic N) is 2. The Balaban J connectivity index is 2.00. The molecule has 0 aliphatic heterocycles. The van der Waals surface area contributed by atoms with Crippen LogP contribution in [-0.4, -0.2) is 21.8 Å². The lowest BCUT2D eigenvalue weighted by molar-refractivity contribution is -0.134. The molecule has 1 aromatic carbocycles. The highest BCUT2D eigenvalue weighted by Gasteiger charge is 2.18. The van der Waals surface area contributed by atoms with Crippen LogP contribution in [0, 0.1) is 0 Å². The molecule has 0 spiro atoms. The van der Waals surface area contributed by atoms with Crippen LogP contribution >= 0.6 is 0 Å². The molecule has 0 N–H and O–H groups in total. The molecule has 3 heteroatoms. The predicted octanol–water partition coefficient (Wildman–Crippen LogP) is 3.84. The second kappa shape index (κ2) is 8.32. The van der Waals surface area contributed by atoms with Crippen LogP contribution in [0.2, 0.25) is 0 Å². The van der Waals surface area contributed by atoms with Gasteiger partial charge in [-0.05, 0) is 37.0 Å². The molecule has 1 atom stereocenters. The van der Waals surface area contributed by atoms with E-state index in [1.807, 2.05) is 41.4 Å². The average Bonchev–Trinajstić information content (AvgIpc) is 2.58. The van der Waals surface area contributed by atoms with Crippen molar-refractivity contribution >= 4 is 5.91 Å². The van der Waals surface area contributed by atoms with Crippen LogP contribution < -0.4 is 0 Å². The summed E-state index contributed by atoms with van der Waals surface area (Å²) in [5.74, 6) is 0.210. The summed E-state index contributed by atoms with van der Waals surface area (Å²) in [6.45, 7) is 4.92. The van der Waals surface area contributed by atoms with E-state index in [4.69, 9.17) is 0 Å². The lowest BCUT2D eigenvalue weighted by Gasteiger charge is -2.29. The molecular weight excluding hydrogens is 272 g/mol. The van der Waals surface area contributed by atoms with Gasteiger partial charge >= 0.3 is 0 Å². The molecule has 1 unspecified atom stereocenters. The second-order valence-electron chi connectivity index (χ2n) is 5.63. The molecule has 22 heavy (non-hydrogen) atoms. The Hall–Kier alpha value is -2.16. The first-order valence-corrected chi connectivity index (χ1v) is 7.93. The topological polar surface area (TPSA) is 33.2 Å². The fraction of sp³-hybridized carbons (Fsp3) is 0.368. The van der Waals surface area contributed by atoms with Crippen molar-refractivity contribution in [3.8, 4) is 0 Å². The highest BCUT2D eigenvalue weighted by Crippen LogP contribution is 2.13. The van der Waals surface area contributed by atoms with Gasteiger partial charge in [-0.2, -0.15) is 0 Å². The van der Waals surface area contributed by atoms with E-state index in [0.29, 0.717) is 13.0 Å². The number of hydrogen-bond acceptors (Lipinski definition) is 2. The van der Waals surface area contributed by atoms with E-state index in [0.717, 1.165) is 18.4 Å². The molecule has 2 aromatic rings. The molecule has 116 valence electrons. The number of benzene rings is 1. The lowest BCUT2D eigenvalue weighted by Crippen LogP contribution is -2.37. The normalized spacial score (nSPS) is 11.9. The van der Waals surface area contributed by atoms with Crippen LogP contribution in [0.5, 0.6) is 0 Å². The maximum atomic E-state index is 12.6.